The summed E-state index contributed by atoms with van der Waals surface area (Å²) in [7, 11) is 0. The van der Waals surface area contributed by atoms with E-state index in [-0.39, 0.29) is 27.7 Å². The first-order chi connectivity index (χ1) is 19.7. The largest absolute Gasteiger partial charge is 0.871 e. The molecule has 1 aliphatic heterocycles. The van der Waals surface area contributed by atoms with Crippen LogP contribution in [0.5, 0.6) is 0 Å². The van der Waals surface area contributed by atoms with Gasteiger partial charge < -0.3 is 5.11 Å². The maximum absolute atomic E-state index is 12.3. The number of aliphatic imine (C=N–C) groups is 1. The molecule has 0 radical (unpaired) electrons. The van der Waals surface area contributed by atoms with Crippen molar-refractivity contribution in [2.24, 2.45) is 4.99 Å². The topological polar surface area (TPSA) is 94.2 Å². The van der Waals surface area contributed by atoms with Gasteiger partial charge in [0.15, 0.2) is 10.8 Å². The van der Waals surface area contributed by atoms with Crippen molar-refractivity contribution in [1.29, 1.82) is 0 Å². The van der Waals surface area contributed by atoms with Gasteiger partial charge in [-0.05, 0) is 36.8 Å². The maximum atomic E-state index is 12.3. The number of allylic oxidation sites excluding steroid dienone is 6. The van der Waals surface area contributed by atoms with Crippen LogP contribution < -0.4 is 5.11 Å². The molecular formula is C32H47N5O2S. The number of hydrogen-bond donors (Lipinski definition) is 0. The summed E-state index contributed by atoms with van der Waals surface area (Å²) in [6.45, 7) is 6.43. The van der Waals surface area contributed by atoms with E-state index in [1.807, 2.05) is 12.3 Å². The molecule has 0 atom stereocenters. The van der Waals surface area contributed by atoms with Crippen LogP contribution in [0.3, 0.4) is 0 Å². The molecule has 8 heteroatoms. The van der Waals surface area contributed by atoms with Crippen LogP contribution in [-0.4, -0.2) is 50.2 Å². The molecule has 7 nitrogen and oxygen atoms in total. The van der Waals surface area contributed by atoms with E-state index in [1.165, 1.54) is 103 Å². The van der Waals surface area contributed by atoms with Crippen molar-refractivity contribution in [3.8, 4) is 0 Å². The van der Waals surface area contributed by atoms with Crippen LogP contribution >= 0.6 is 11.5 Å². The zero-order valence-electron chi connectivity index (χ0n) is 24.6. The smallest absolute Gasteiger partial charge is 0.218 e. The molecule has 0 saturated carbocycles. The zero-order chi connectivity index (χ0) is 28.4. The molecule has 1 aliphatic carbocycles. The Hall–Kier alpha value is -2.74. The lowest BCUT2D eigenvalue weighted by Gasteiger charge is -2.28. The van der Waals surface area contributed by atoms with Gasteiger partial charge in [0.05, 0.1) is 17.5 Å². The summed E-state index contributed by atoms with van der Waals surface area (Å²) in [5, 5.41) is 19.7. The highest BCUT2D eigenvalue weighted by atomic mass is 32.1. The molecule has 1 aromatic heterocycles. The predicted octanol–water partition coefficient (Wildman–Crippen LogP) is 6.77. The van der Waals surface area contributed by atoms with Crippen LogP contribution in [-0.2, 0) is 4.79 Å². The average Bonchev–Trinajstić information content (AvgIpc) is 3.49. The number of unbranched alkanes of at least 4 members (excludes halogenated alkanes) is 15. The van der Waals surface area contributed by atoms with Crippen LogP contribution in [0.15, 0.2) is 46.3 Å². The van der Waals surface area contributed by atoms with Crippen LogP contribution in [0.2, 0.25) is 0 Å². The fourth-order valence-corrected chi connectivity index (χ4v) is 5.66. The maximum Gasteiger partial charge on any atom is 0.218 e. The molecule has 40 heavy (non-hydrogen) atoms. The molecule has 0 aromatic carbocycles. The third-order valence-electron chi connectivity index (χ3n) is 7.68. The highest BCUT2D eigenvalue weighted by molar-refractivity contribution is 7.07. The van der Waals surface area contributed by atoms with Gasteiger partial charge >= 0.3 is 0 Å². The summed E-state index contributed by atoms with van der Waals surface area (Å²) in [5.41, 5.74) is 2.03. The Morgan fingerprint density at radius 3 is 1.90 bits per heavy atom. The third kappa shape index (κ3) is 10.3. The van der Waals surface area contributed by atoms with Crippen LogP contribution in [0.1, 0.15) is 122 Å². The quantitative estimate of drug-likeness (QED) is 0.0987. The Labute approximate surface area is 244 Å². The van der Waals surface area contributed by atoms with E-state index < -0.39 is 0 Å². The van der Waals surface area contributed by atoms with Gasteiger partial charge in [-0.1, -0.05) is 107 Å². The van der Waals surface area contributed by atoms with Crippen LogP contribution in [0.4, 0.5) is 0 Å². The van der Waals surface area contributed by atoms with Gasteiger partial charge in [0.2, 0.25) is 5.71 Å². The van der Waals surface area contributed by atoms with Gasteiger partial charge in [-0.2, -0.15) is 0 Å². The Morgan fingerprint density at radius 1 is 0.825 bits per heavy atom. The number of ketones is 1. The molecule has 0 unspecified atom stereocenters. The standard InChI is InChI=1S/C32H47N5O2S/c1-3-5-6-7-8-9-10-11-12-13-14-15-16-17-18-19-24-37(4-2)27-22-20-26(33-25-27)21-23-28-30(38)29(31(28)39)32-34-35-36-40-32/h20-23,25H,3-19,24H2,1-2H3. The molecule has 2 aliphatic rings. The van der Waals surface area contributed by atoms with Crippen LogP contribution in [0.25, 0.3) is 5.57 Å². The molecule has 0 N–H and O–H groups in total. The monoisotopic (exact) mass is 565 g/mol. The number of nitrogens with zero attached hydrogens (tertiary/aromatic N) is 5. The molecule has 2 heterocycles. The molecular weight excluding hydrogens is 518 g/mol. The normalized spacial score (nSPS) is 18.3. The minimum absolute atomic E-state index is 0.0747. The summed E-state index contributed by atoms with van der Waals surface area (Å²) in [6, 6.07) is 0. The van der Waals surface area contributed by atoms with Gasteiger partial charge in [-0.3, -0.25) is 4.79 Å². The average molecular weight is 566 g/mol. The van der Waals surface area contributed by atoms with E-state index in [2.05, 4.69) is 44.3 Å². The highest BCUT2D eigenvalue weighted by Crippen LogP contribution is 2.34. The van der Waals surface area contributed by atoms with E-state index in [0.29, 0.717) is 5.70 Å². The zero-order valence-corrected chi connectivity index (χ0v) is 25.4. The second-order valence-electron chi connectivity index (χ2n) is 10.8. The van der Waals surface area contributed by atoms with E-state index >= 15 is 0 Å². The molecule has 0 spiro atoms. The molecule has 0 amide bonds. The number of hydrogen-bond acceptors (Lipinski definition) is 7. The fraction of sp³-hybridized carbons (Fsp3) is 0.625. The number of Topliss-reactive ketones (excluding diaryl/α,β-unsaturated/α-hetero) is 1. The number of aromatic nitrogens is 3. The van der Waals surface area contributed by atoms with Crippen molar-refractivity contribution in [3.63, 3.8) is 0 Å². The van der Waals surface area contributed by atoms with Crippen LogP contribution in [0, 0.1) is 0 Å². The Morgan fingerprint density at radius 2 is 1.43 bits per heavy atom. The minimum Gasteiger partial charge on any atom is -0.871 e. The van der Waals surface area contributed by atoms with Crippen molar-refractivity contribution >= 4 is 34.8 Å². The number of rotatable bonds is 20. The summed E-state index contributed by atoms with van der Waals surface area (Å²) in [4.78, 5) is 16.8. The van der Waals surface area contributed by atoms with Crippen molar-refractivity contribution in [2.75, 3.05) is 13.1 Å². The van der Waals surface area contributed by atoms with Gasteiger partial charge in [-0.15, -0.1) is 5.10 Å². The summed E-state index contributed by atoms with van der Waals surface area (Å²) in [5.74, 6) is -0.625. The van der Waals surface area contributed by atoms with Crippen molar-refractivity contribution in [3.05, 3.63) is 46.3 Å². The lowest BCUT2D eigenvalue weighted by molar-refractivity contribution is -0.522. The van der Waals surface area contributed by atoms with E-state index in [1.54, 1.807) is 12.2 Å². The number of carbonyl (C=O) groups is 1. The van der Waals surface area contributed by atoms with Gasteiger partial charge in [-0.25, -0.2) is 9.57 Å². The minimum atomic E-state index is -0.313. The van der Waals surface area contributed by atoms with Crippen molar-refractivity contribution in [1.82, 2.24) is 14.8 Å². The lowest BCUT2D eigenvalue weighted by atomic mass is 9.88. The molecule has 0 bridgehead atoms. The molecule has 0 saturated heterocycles. The Bertz CT molecular complexity index is 1090. The van der Waals surface area contributed by atoms with Gasteiger partial charge in [0.25, 0.3) is 0 Å². The number of dihydropyridines is 1. The Kier molecular flexibility index (Phi) is 14.8. The summed E-state index contributed by atoms with van der Waals surface area (Å²) in [6.07, 6.45) is 31.2. The predicted molar refractivity (Wildman–Crippen MR) is 164 cm³/mol. The SMILES string of the molecule is CCCCCCCCCCCCCCCCCC[N+](CC)=C1C=C/C(=C/C=C2/C(=O)C(c3nnns3)=C2[O-])N=C1. The first kappa shape index (κ1) is 31.8. The second kappa shape index (κ2) is 18.6. The van der Waals surface area contributed by atoms with Crippen molar-refractivity contribution in [2.45, 2.75) is 117 Å². The summed E-state index contributed by atoms with van der Waals surface area (Å²) < 4.78 is 5.97. The first-order valence-electron chi connectivity index (χ1n) is 15.5. The molecule has 3 rings (SSSR count). The lowest BCUT2D eigenvalue weighted by Crippen LogP contribution is -2.28. The second-order valence-corrected chi connectivity index (χ2v) is 11.5. The summed E-state index contributed by atoms with van der Waals surface area (Å²) >= 11 is 0.948. The number of carbonyl (C=O) groups excluding carboxylic acids is 1. The molecule has 218 valence electrons. The third-order valence-corrected chi connectivity index (χ3v) is 8.29. The van der Waals surface area contributed by atoms with E-state index in [9.17, 15) is 9.90 Å². The van der Waals surface area contributed by atoms with Crippen molar-refractivity contribution < 1.29 is 14.5 Å². The highest BCUT2D eigenvalue weighted by Gasteiger charge is 2.30. The molecule has 0 fully saturated rings. The first-order valence-corrected chi connectivity index (χ1v) is 16.3. The van der Waals surface area contributed by atoms with Gasteiger partial charge in [0.1, 0.15) is 13.1 Å². The van der Waals surface area contributed by atoms with E-state index in [0.717, 1.165) is 30.3 Å². The van der Waals surface area contributed by atoms with E-state index in [4.69, 9.17) is 0 Å². The fourth-order valence-electron chi connectivity index (χ4n) is 5.16. The van der Waals surface area contributed by atoms with Gasteiger partial charge in [0, 0.05) is 29.6 Å². The Balaban J connectivity index is 1.27. The molecule has 1 aromatic rings.